The van der Waals surface area contributed by atoms with Crippen molar-refractivity contribution in [3.63, 3.8) is 0 Å². The number of anilines is 1. The van der Waals surface area contributed by atoms with Crippen molar-refractivity contribution in [3.05, 3.63) is 36.2 Å². The summed E-state index contributed by atoms with van der Waals surface area (Å²) < 4.78 is 5.33. The lowest BCUT2D eigenvalue weighted by Crippen LogP contribution is -2.36. The molecule has 2 N–H and O–H groups in total. The summed E-state index contributed by atoms with van der Waals surface area (Å²) in [5, 5.41) is 0.904. The number of hydrogen-bond donors (Lipinski definition) is 1. The highest BCUT2D eigenvalue weighted by Crippen LogP contribution is 2.18. The molecule has 1 aliphatic rings. The Balaban J connectivity index is 1.72. The molecule has 0 radical (unpaired) electrons. The van der Waals surface area contributed by atoms with E-state index in [1.165, 1.54) is 6.33 Å². The van der Waals surface area contributed by atoms with E-state index in [2.05, 4.69) is 27.0 Å². The molecule has 1 aromatic carbocycles. The monoisotopic (exact) mass is 270 g/mol. The molecule has 0 atom stereocenters. The topological polar surface area (TPSA) is 64.3 Å². The second-order valence-corrected chi connectivity index (χ2v) is 4.85. The van der Waals surface area contributed by atoms with Crippen molar-refractivity contribution >= 4 is 22.8 Å². The SMILES string of the molecule is Nc1ncnc2ccc(C=CCN3CCOCC3)cc12. The highest BCUT2D eigenvalue weighted by molar-refractivity contribution is 5.89. The molecule has 0 saturated carbocycles. The van der Waals surface area contributed by atoms with E-state index in [-0.39, 0.29) is 0 Å². The van der Waals surface area contributed by atoms with E-state index in [0.29, 0.717) is 5.82 Å². The molecule has 104 valence electrons. The Morgan fingerprint density at radius 2 is 2.10 bits per heavy atom. The maximum Gasteiger partial charge on any atom is 0.134 e. The number of hydrogen-bond acceptors (Lipinski definition) is 5. The first-order valence-electron chi connectivity index (χ1n) is 6.80. The maximum absolute atomic E-state index is 5.87. The third-order valence-corrected chi connectivity index (χ3v) is 3.47. The van der Waals surface area contributed by atoms with Crippen LogP contribution >= 0.6 is 0 Å². The quantitative estimate of drug-likeness (QED) is 0.917. The Morgan fingerprint density at radius 3 is 2.95 bits per heavy atom. The summed E-state index contributed by atoms with van der Waals surface area (Å²) >= 11 is 0. The van der Waals surface area contributed by atoms with Crippen LogP contribution in [-0.4, -0.2) is 47.7 Å². The number of nitrogen functional groups attached to an aromatic ring is 1. The van der Waals surface area contributed by atoms with Gasteiger partial charge in [-0.1, -0.05) is 18.2 Å². The molecule has 1 aromatic heterocycles. The molecule has 2 aromatic rings. The number of aromatic nitrogens is 2. The molecule has 0 amide bonds. The molecule has 1 aliphatic heterocycles. The van der Waals surface area contributed by atoms with Gasteiger partial charge in [0, 0.05) is 25.0 Å². The fraction of sp³-hybridized carbons (Fsp3) is 0.333. The average molecular weight is 270 g/mol. The van der Waals surface area contributed by atoms with Crippen molar-refractivity contribution in [1.29, 1.82) is 0 Å². The number of fused-ring (bicyclic) bond motifs is 1. The summed E-state index contributed by atoms with van der Waals surface area (Å²) in [5.41, 5.74) is 7.87. The van der Waals surface area contributed by atoms with Gasteiger partial charge in [0.25, 0.3) is 0 Å². The molecule has 0 unspecified atom stereocenters. The smallest absolute Gasteiger partial charge is 0.134 e. The molecule has 5 heteroatoms. The lowest BCUT2D eigenvalue weighted by molar-refractivity contribution is 0.0435. The average Bonchev–Trinajstić information content (AvgIpc) is 2.49. The van der Waals surface area contributed by atoms with Crippen molar-refractivity contribution < 1.29 is 4.74 Å². The van der Waals surface area contributed by atoms with Crippen molar-refractivity contribution in [2.45, 2.75) is 0 Å². The van der Waals surface area contributed by atoms with Crippen LogP contribution in [0.3, 0.4) is 0 Å². The summed E-state index contributed by atoms with van der Waals surface area (Å²) in [4.78, 5) is 10.6. The van der Waals surface area contributed by atoms with Gasteiger partial charge in [-0.05, 0) is 17.7 Å². The van der Waals surface area contributed by atoms with E-state index in [4.69, 9.17) is 10.5 Å². The molecule has 3 rings (SSSR count). The number of morpholine rings is 1. The fourth-order valence-corrected chi connectivity index (χ4v) is 2.32. The first kappa shape index (κ1) is 13.0. The fourth-order valence-electron chi connectivity index (χ4n) is 2.32. The zero-order valence-electron chi connectivity index (χ0n) is 11.3. The van der Waals surface area contributed by atoms with Crippen LogP contribution in [0.4, 0.5) is 5.82 Å². The molecule has 1 saturated heterocycles. The number of ether oxygens (including phenoxy) is 1. The van der Waals surface area contributed by atoms with Crippen LogP contribution in [0.25, 0.3) is 17.0 Å². The summed E-state index contributed by atoms with van der Waals surface area (Å²) in [5.74, 6) is 0.526. The molecular formula is C15H18N4O. The predicted molar refractivity (Wildman–Crippen MR) is 80.2 cm³/mol. The molecule has 5 nitrogen and oxygen atoms in total. The van der Waals surface area contributed by atoms with E-state index in [0.717, 1.165) is 49.3 Å². The zero-order chi connectivity index (χ0) is 13.8. The molecule has 0 aliphatic carbocycles. The van der Waals surface area contributed by atoms with Gasteiger partial charge in [-0.2, -0.15) is 0 Å². The van der Waals surface area contributed by atoms with Crippen molar-refractivity contribution in [1.82, 2.24) is 14.9 Å². The Bertz CT molecular complexity index is 620. The van der Waals surface area contributed by atoms with E-state index in [1.54, 1.807) is 0 Å². The van der Waals surface area contributed by atoms with Crippen molar-refractivity contribution in [3.8, 4) is 0 Å². The van der Waals surface area contributed by atoms with Crippen LogP contribution in [0.2, 0.25) is 0 Å². The third kappa shape index (κ3) is 2.95. The number of benzene rings is 1. The van der Waals surface area contributed by atoms with Crippen LogP contribution in [0.1, 0.15) is 5.56 Å². The maximum atomic E-state index is 5.87. The molecule has 20 heavy (non-hydrogen) atoms. The zero-order valence-corrected chi connectivity index (χ0v) is 11.3. The molecule has 0 bridgehead atoms. The largest absolute Gasteiger partial charge is 0.383 e. The summed E-state index contributed by atoms with van der Waals surface area (Å²) in [6, 6.07) is 6.05. The molecule has 0 spiro atoms. The Hall–Kier alpha value is -1.98. The van der Waals surface area contributed by atoms with Crippen LogP contribution in [0.5, 0.6) is 0 Å². The Morgan fingerprint density at radius 1 is 1.25 bits per heavy atom. The van der Waals surface area contributed by atoms with Gasteiger partial charge in [0.15, 0.2) is 0 Å². The minimum absolute atomic E-state index is 0.526. The number of rotatable bonds is 3. The van der Waals surface area contributed by atoms with Gasteiger partial charge in [-0.25, -0.2) is 9.97 Å². The van der Waals surface area contributed by atoms with Crippen molar-refractivity contribution in [2.24, 2.45) is 0 Å². The summed E-state index contributed by atoms with van der Waals surface area (Å²) in [6.07, 6.45) is 5.78. The van der Waals surface area contributed by atoms with Crippen LogP contribution in [0, 0.1) is 0 Å². The van der Waals surface area contributed by atoms with Crippen molar-refractivity contribution in [2.75, 3.05) is 38.6 Å². The van der Waals surface area contributed by atoms with Gasteiger partial charge in [0.05, 0.1) is 18.7 Å². The second-order valence-electron chi connectivity index (χ2n) is 4.85. The van der Waals surface area contributed by atoms with Crippen LogP contribution in [-0.2, 0) is 4.74 Å². The van der Waals surface area contributed by atoms with E-state index in [1.807, 2.05) is 18.2 Å². The standard InChI is InChI=1S/C15H18N4O/c16-15-13-10-12(3-4-14(13)17-11-18-15)2-1-5-19-6-8-20-9-7-19/h1-4,10-11H,5-9H2,(H2,16,17,18). The molecular weight excluding hydrogens is 252 g/mol. The van der Waals surface area contributed by atoms with Gasteiger partial charge in [0.2, 0.25) is 0 Å². The number of nitrogens with zero attached hydrogens (tertiary/aromatic N) is 3. The minimum Gasteiger partial charge on any atom is -0.383 e. The van der Waals surface area contributed by atoms with E-state index < -0.39 is 0 Å². The molecule has 2 heterocycles. The van der Waals surface area contributed by atoms with Gasteiger partial charge in [-0.15, -0.1) is 0 Å². The van der Waals surface area contributed by atoms with Crippen LogP contribution < -0.4 is 5.73 Å². The first-order chi connectivity index (χ1) is 9.83. The summed E-state index contributed by atoms with van der Waals surface area (Å²) in [6.45, 7) is 4.61. The predicted octanol–water partition coefficient (Wildman–Crippen LogP) is 1.56. The van der Waals surface area contributed by atoms with Crippen LogP contribution in [0.15, 0.2) is 30.6 Å². The normalized spacial score (nSPS) is 17.0. The Kier molecular flexibility index (Phi) is 3.90. The van der Waals surface area contributed by atoms with E-state index in [9.17, 15) is 0 Å². The first-order valence-corrected chi connectivity index (χ1v) is 6.80. The highest BCUT2D eigenvalue weighted by atomic mass is 16.5. The number of nitrogens with two attached hydrogens (primary N) is 1. The second kappa shape index (κ2) is 5.98. The lowest BCUT2D eigenvalue weighted by Gasteiger charge is -2.25. The van der Waals surface area contributed by atoms with Gasteiger partial charge in [0.1, 0.15) is 12.1 Å². The lowest BCUT2D eigenvalue weighted by atomic mass is 10.1. The van der Waals surface area contributed by atoms with Gasteiger partial charge < -0.3 is 10.5 Å². The van der Waals surface area contributed by atoms with E-state index >= 15 is 0 Å². The summed E-state index contributed by atoms with van der Waals surface area (Å²) in [7, 11) is 0. The third-order valence-electron chi connectivity index (χ3n) is 3.47. The Labute approximate surface area is 118 Å². The molecule has 1 fully saturated rings. The minimum atomic E-state index is 0.526. The van der Waals surface area contributed by atoms with Gasteiger partial charge in [-0.3, -0.25) is 4.90 Å². The van der Waals surface area contributed by atoms with Gasteiger partial charge >= 0.3 is 0 Å². The highest BCUT2D eigenvalue weighted by Gasteiger charge is 2.07.